The zero-order valence-electron chi connectivity index (χ0n) is 8.70. The van der Waals surface area contributed by atoms with E-state index in [9.17, 15) is 0 Å². The molecule has 4 heteroatoms. The van der Waals surface area contributed by atoms with Gasteiger partial charge in [0.05, 0.1) is 11.4 Å². The quantitative estimate of drug-likeness (QED) is 0.367. The van der Waals surface area contributed by atoms with Crippen LogP contribution in [0.3, 0.4) is 0 Å². The van der Waals surface area contributed by atoms with Crippen molar-refractivity contribution in [2.45, 2.75) is 6.92 Å². The predicted molar refractivity (Wildman–Crippen MR) is 63.1 cm³/mol. The van der Waals surface area contributed by atoms with Crippen molar-refractivity contribution in [2.24, 2.45) is 0 Å². The van der Waals surface area contributed by atoms with Crippen LogP contribution in [0.15, 0.2) is 18.2 Å². The molecule has 0 aliphatic heterocycles. The van der Waals surface area contributed by atoms with Crippen LogP contribution in [0.25, 0.3) is 0 Å². The molecule has 15 heavy (non-hydrogen) atoms. The zero-order valence-corrected chi connectivity index (χ0v) is 9.52. The fourth-order valence-corrected chi connectivity index (χ4v) is 1.10. The Morgan fingerprint density at radius 2 is 2.40 bits per heavy atom. The van der Waals surface area contributed by atoms with Crippen molar-refractivity contribution in [1.29, 1.82) is 5.41 Å². The monoisotopic (exact) mass is 220 g/mol. The van der Waals surface area contributed by atoms with Crippen molar-refractivity contribution >= 4 is 17.8 Å². The van der Waals surface area contributed by atoms with Gasteiger partial charge in [0.25, 0.3) is 0 Å². The SMILES string of the molecule is CSOCC#Cc1cccc(C(C)=N)n1. The van der Waals surface area contributed by atoms with Crippen LogP contribution in [0.2, 0.25) is 0 Å². The summed E-state index contributed by atoms with van der Waals surface area (Å²) in [5.41, 5.74) is 1.77. The highest BCUT2D eigenvalue weighted by molar-refractivity contribution is 7.93. The van der Waals surface area contributed by atoms with Crippen LogP contribution < -0.4 is 0 Å². The molecule has 0 atom stereocenters. The number of hydrogen-bond donors (Lipinski definition) is 1. The van der Waals surface area contributed by atoms with Crippen molar-refractivity contribution in [3.8, 4) is 11.8 Å². The van der Waals surface area contributed by atoms with Gasteiger partial charge in [0.15, 0.2) is 0 Å². The Hall–Kier alpha value is -1.31. The van der Waals surface area contributed by atoms with Gasteiger partial charge in [0, 0.05) is 6.26 Å². The molecule has 1 aromatic rings. The summed E-state index contributed by atoms with van der Waals surface area (Å²) in [7, 11) is 0. The third-order valence-electron chi connectivity index (χ3n) is 1.60. The first-order valence-electron chi connectivity index (χ1n) is 4.41. The normalized spacial score (nSPS) is 9.20. The first-order chi connectivity index (χ1) is 7.24. The van der Waals surface area contributed by atoms with Gasteiger partial charge in [-0.2, -0.15) is 0 Å². The molecule has 0 spiro atoms. The van der Waals surface area contributed by atoms with E-state index >= 15 is 0 Å². The van der Waals surface area contributed by atoms with Crippen LogP contribution in [0.4, 0.5) is 0 Å². The maximum absolute atomic E-state index is 7.44. The molecule has 0 bridgehead atoms. The first-order valence-corrected chi connectivity index (χ1v) is 5.56. The number of hydrogen-bond acceptors (Lipinski definition) is 4. The van der Waals surface area contributed by atoms with Gasteiger partial charge in [-0.3, -0.25) is 0 Å². The van der Waals surface area contributed by atoms with E-state index in [-0.39, 0.29) is 0 Å². The van der Waals surface area contributed by atoms with E-state index in [1.165, 1.54) is 12.0 Å². The molecular weight excluding hydrogens is 208 g/mol. The van der Waals surface area contributed by atoms with Crippen LogP contribution in [0, 0.1) is 17.3 Å². The second kappa shape index (κ2) is 6.23. The minimum Gasteiger partial charge on any atom is -0.303 e. The fraction of sp³-hybridized carbons (Fsp3) is 0.273. The summed E-state index contributed by atoms with van der Waals surface area (Å²) >= 11 is 1.29. The molecule has 0 saturated heterocycles. The highest BCUT2D eigenvalue weighted by Gasteiger charge is 1.96. The summed E-state index contributed by atoms with van der Waals surface area (Å²) in [6, 6.07) is 5.46. The van der Waals surface area contributed by atoms with Crippen molar-refractivity contribution in [3.05, 3.63) is 29.6 Å². The highest BCUT2D eigenvalue weighted by atomic mass is 32.2. The number of rotatable bonds is 3. The molecule has 0 aliphatic rings. The number of pyridine rings is 1. The van der Waals surface area contributed by atoms with Gasteiger partial charge in [0.1, 0.15) is 12.3 Å². The molecule has 0 aliphatic carbocycles. The van der Waals surface area contributed by atoms with E-state index in [4.69, 9.17) is 9.59 Å². The molecule has 1 rings (SSSR count). The van der Waals surface area contributed by atoms with Crippen molar-refractivity contribution in [2.75, 3.05) is 12.9 Å². The molecule has 0 unspecified atom stereocenters. The first kappa shape index (κ1) is 11.8. The van der Waals surface area contributed by atoms with E-state index in [1.807, 2.05) is 18.4 Å². The average molecular weight is 220 g/mol. The molecule has 1 heterocycles. The molecule has 0 radical (unpaired) electrons. The lowest BCUT2D eigenvalue weighted by molar-refractivity contribution is 0.440. The summed E-state index contributed by atoms with van der Waals surface area (Å²) in [5.74, 6) is 5.72. The summed E-state index contributed by atoms with van der Waals surface area (Å²) in [5, 5.41) is 7.44. The Morgan fingerprint density at radius 3 is 3.07 bits per heavy atom. The maximum atomic E-state index is 7.44. The van der Waals surface area contributed by atoms with E-state index in [1.54, 1.807) is 13.0 Å². The molecule has 78 valence electrons. The van der Waals surface area contributed by atoms with Crippen molar-refractivity contribution < 1.29 is 4.18 Å². The zero-order chi connectivity index (χ0) is 11.1. The van der Waals surface area contributed by atoms with Crippen LogP contribution >= 0.6 is 12.0 Å². The second-order valence-electron chi connectivity index (χ2n) is 2.76. The molecule has 0 saturated carbocycles. The van der Waals surface area contributed by atoms with Gasteiger partial charge in [-0.25, -0.2) is 4.98 Å². The number of nitrogens with one attached hydrogen (secondary N) is 1. The van der Waals surface area contributed by atoms with Crippen LogP contribution in [-0.2, 0) is 4.18 Å². The Labute approximate surface area is 94.0 Å². The van der Waals surface area contributed by atoms with Gasteiger partial charge in [-0.1, -0.05) is 12.0 Å². The van der Waals surface area contributed by atoms with E-state index in [0.29, 0.717) is 23.7 Å². The van der Waals surface area contributed by atoms with Gasteiger partial charge in [-0.15, -0.1) is 0 Å². The third-order valence-corrected chi connectivity index (χ3v) is 1.95. The van der Waals surface area contributed by atoms with Crippen LogP contribution in [0.5, 0.6) is 0 Å². The van der Waals surface area contributed by atoms with Crippen LogP contribution in [-0.4, -0.2) is 23.6 Å². The Bertz CT molecular complexity index is 407. The summed E-state index contributed by atoms with van der Waals surface area (Å²) in [6.45, 7) is 2.09. The molecule has 0 aromatic carbocycles. The van der Waals surface area contributed by atoms with Gasteiger partial charge < -0.3 is 9.59 Å². The lowest BCUT2D eigenvalue weighted by Crippen LogP contribution is -1.97. The van der Waals surface area contributed by atoms with E-state index in [2.05, 4.69) is 16.8 Å². The lowest BCUT2D eigenvalue weighted by atomic mass is 10.2. The molecule has 1 aromatic heterocycles. The topological polar surface area (TPSA) is 46.0 Å². The minimum absolute atomic E-state index is 0.386. The molecule has 3 nitrogen and oxygen atoms in total. The molecular formula is C11H12N2OS. The van der Waals surface area contributed by atoms with E-state index in [0.717, 1.165) is 0 Å². The van der Waals surface area contributed by atoms with E-state index < -0.39 is 0 Å². The van der Waals surface area contributed by atoms with Crippen molar-refractivity contribution in [3.63, 3.8) is 0 Å². The summed E-state index contributed by atoms with van der Waals surface area (Å²) in [4.78, 5) is 4.21. The summed E-state index contributed by atoms with van der Waals surface area (Å²) in [6.07, 6.45) is 1.85. The predicted octanol–water partition coefficient (Wildman–Crippen LogP) is 2.12. The maximum Gasteiger partial charge on any atom is 0.122 e. The average Bonchev–Trinajstić information content (AvgIpc) is 2.25. The Kier molecular flexibility index (Phi) is 4.88. The van der Waals surface area contributed by atoms with Gasteiger partial charge in [0.2, 0.25) is 0 Å². The number of nitrogens with zero attached hydrogens (tertiary/aromatic N) is 1. The minimum atomic E-state index is 0.386. The molecule has 1 N–H and O–H groups in total. The van der Waals surface area contributed by atoms with Crippen molar-refractivity contribution in [1.82, 2.24) is 4.98 Å². The Morgan fingerprint density at radius 1 is 1.60 bits per heavy atom. The standard InChI is InChI=1S/C11H12N2OS/c1-9(12)11-7-3-5-10(13-11)6-4-8-14-15-2/h3,5,7,12H,8H2,1-2H3. The summed E-state index contributed by atoms with van der Waals surface area (Å²) < 4.78 is 5.01. The number of aromatic nitrogens is 1. The smallest absolute Gasteiger partial charge is 0.122 e. The molecule has 0 amide bonds. The Balaban J connectivity index is 2.72. The van der Waals surface area contributed by atoms with Gasteiger partial charge in [-0.05, 0) is 37.0 Å². The van der Waals surface area contributed by atoms with Crippen LogP contribution in [0.1, 0.15) is 18.3 Å². The lowest BCUT2D eigenvalue weighted by Gasteiger charge is -1.96. The molecule has 0 fully saturated rings. The fourth-order valence-electron chi connectivity index (χ4n) is 0.928. The second-order valence-corrected chi connectivity index (χ2v) is 3.33. The highest BCUT2D eigenvalue weighted by Crippen LogP contribution is 1.99. The largest absolute Gasteiger partial charge is 0.303 e. The van der Waals surface area contributed by atoms with Gasteiger partial charge >= 0.3 is 0 Å². The third kappa shape index (κ3) is 4.15.